The Labute approximate surface area is 97.2 Å². The Morgan fingerprint density at radius 3 is 2.80 bits per heavy atom. The van der Waals surface area contributed by atoms with Gasteiger partial charge < -0.3 is 5.32 Å². The van der Waals surface area contributed by atoms with Crippen LogP contribution in [-0.4, -0.2) is 17.0 Å². The van der Waals surface area contributed by atoms with E-state index in [9.17, 15) is 0 Å². The minimum Gasteiger partial charge on any atom is -0.307 e. The fraction of sp³-hybridized carbons (Fsp3) is 0.200. The molecule has 0 amide bonds. The van der Waals surface area contributed by atoms with Crippen LogP contribution in [0.5, 0.6) is 0 Å². The zero-order valence-corrected chi connectivity index (χ0v) is 9.72. The molecule has 0 saturated heterocycles. The molecule has 2 aromatic rings. The Hall–Kier alpha value is -0.970. The van der Waals surface area contributed by atoms with E-state index in [0.29, 0.717) is 0 Å². The minimum atomic E-state index is 0.0884. The zero-order chi connectivity index (χ0) is 10.7. The maximum absolute atomic E-state index is 5.91. The van der Waals surface area contributed by atoms with Gasteiger partial charge in [-0.3, -0.25) is 0 Å². The normalized spacial score (nSPS) is 12.7. The summed E-state index contributed by atoms with van der Waals surface area (Å²) in [5.41, 5.74) is 0.950. The van der Waals surface area contributed by atoms with E-state index in [4.69, 9.17) is 11.6 Å². The molecule has 2 heterocycles. The van der Waals surface area contributed by atoms with Crippen molar-refractivity contribution in [2.24, 2.45) is 0 Å². The molecule has 5 heteroatoms. The molecule has 0 bridgehead atoms. The number of hydrogen-bond donors (Lipinski definition) is 1. The van der Waals surface area contributed by atoms with Crippen molar-refractivity contribution in [2.75, 3.05) is 7.05 Å². The van der Waals surface area contributed by atoms with E-state index in [1.54, 1.807) is 23.9 Å². The van der Waals surface area contributed by atoms with Gasteiger partial charge in [0.2, 0.25) is 0 Å². The average Bonchev–Trinajstić information content (AvgIpc) is 2.68. The van der Waals surface area contributed by atoms with Gasteiger partial charge in [-0.25, -0.2) is 9.97 Å². The second kappa shape index (κ2) is 4.70. The Bertz CT molecular complexity index is 429. The predicted octanol–water partition coefficient (Wildman–Crippen LogP) is 2.50. The summed E-state index contributed by atoms with van der Waals surface area (Å²) in [6.07, 6.45) is 3.29. The van der Waals surface area contributed by atoms with Crippen molar-refractivity contribution in [1.82, 2.24) is 15.3 Å². The van der Waals surface area contributed by atoms with Crippen molar-refractivity contribution in [3.05, 3.63) is 45.6 Å². The van der Waals surface area contributed by atoms with Crippen molar-refractivity contribution in [3.8, 4) is 0 Å². The van der Waals surface area contributed by atoms with Gasteiger partial charge in [0.05, 0.1) is 16.1 Å². The summed E-state index contributed by atoms with van der Waals surface area (Å²) >= 11 is 7.46. The lowest BCUT2D eigenvalue weighted by Crippen LogP contribution is -2.17. The first-order valence-corrected chi connectivity index (χ1v) is 5.69. The highest BCUT2D eigenvalue weighted by Crippen LogP contribution is 2.29. The first kappa shape index (κ1) is 10.5. The molecule has 0 radical (unpaired) electrons. The lowest BCUT2D eigenvalue weighted by atomic mass is 10.1. The molecule has 1 unspecified atom stereocenters. The van der Waals surface area contributed by atoms with Crippen LogP contribution in [0.15, 0.2) is 30.7 Å². The van der Waals surface area contributed by atoms with Crippen molar-refractivity contribution >= 4 is 22.9 Å². The highest BCUT2D eigenvalue weighted by atomic mass is 35.5. The summed E-state index contributed by atoms with van der Waals surface area (Å²) in [6, 6.07) is 5.89. The molecule has 2 rings (SSSR count). The minimum absolute atomic E-state index is 0.0884. The van der Waals surface area contributed by atoms with Gasteiger partial charge >= 0.3 is 0 Å². The quantitative estimate of drug-likeness (QED) is 0.895. The lowest BCUT2D eigenvalue weighted by molar-refractivity contribution is 0.679. The van der Waals surface area contributed by atoms with Crippen LogP contribution in [0, 0.1) is 0 Å². The van der Waals surface area contributed by atoms with E-state index in [1.165, 1.54) is 0 Å². The molecule has 3 nitrogen and oxygen atoms in total. The summed E-state index contributed by atoms with van der Waals surface area (Å²) in [5, 5.41) is 3.21. The summed E-state index contributed by atoms with van der Waals surface area (Å²) < 4.78 is 0.791. The number of aromatic nitrogens is 2. The predicted molar refractivity (Wildman–Crippen MR) is 62.3 cm³/mol. The molecule has 15 heavy (non-hydrogen) atoms. The molecule has 0 fully saturated rings. The summed E-state index contributed by atoms with van der Waals surface area (Å²) in [7, 11) is 1.90. The lowest BCUT2D eigenvalue weighted by Gasteiger charge is -2.12. The number of rotatable bonds is 3. The van der Waals surface area contributed by atoms with Gasteiger partial charge in [0.15, 0.2) is 0 Å². The third kappa shape index (κ3) is 2.34. The van der Waals surface area contributed by atoms with Gasteiger partial charge in [-0.15, -0.1) is 11.3 Å². The monoisotopic (exact) mass is 239 g/mol. The van der Waals surface area contributed by atoms with Gasteiger partial charge in [0, 0.05) is 11.1 Å². The first-order valence-electron chi connectivity index (χ1n) is 4.49. The molecule has 0 saturated carbocycles. The van der Waals surface area contributed by atoms with Crippen molar-refractivity contribution < 1.29 is 0 Å². The topological polar surface area (TPSA) is 37.8 Å². The average molecular weight is 240 g/mol. The van der Waals surface area contributed by atoms with Crippen LogP contribution in [0.3, 0.4) is 0 Å². The number of thiophene rings is 1. The Kier molecular flexibility index (Phi) is 3.30. The summed E-state index contributed by atoms with van der Waals surface area (Å²) in [5.74, 6) is 0. The van der Waals surface area contributed by atoms with Crippen molar-refractivity contribution in [3.63, 3.8) is 0 Å². The molecule has 78 valence electrons. The van der Waals surface area contributed by atoms with E-state index in [0.717, 1.165) is 14.9 Å². The van der Waals surface area contributed by atoms with Crippen LogP contribution >= 0.6 is 22.9 Å². The zero-order valence-electron chi connectivity index (χ0n) is 8.14. The second-order valence-corrected chi connectivity index (χ2v) is 4.74. The van der Waals surface area contributed by atoms with Crippen LogP contribution in [0.2, 0.25) is 4.34 Å². The smallest absolute Gasteiger partial charge is 0.115 e. The molecule has 0 aliphatic heterocycles. The Morgan fingerprint density at radius 2 is 2.27 bits per heavy atom. The van der Waals surface area contributed by atoms with E-state index in [-0.39, 0.29) is 6.04 Å². The highest BCUT2D eigenvalue weighted by molar-refractivity contribution is 7.16. The molecule has 0 aliphatic rings. The van der Waals surface area contributed by atoms with Gasteiger partial charge in [0.25, 0.3) is 0 Å². The number of nitrogens with zero attached hydrogens (tertiary/aromatic N) is 2. The largest absolute Gasteiger partial charge is 0.307 e. The molecule has 1 N–H and O–H groups in total. The van der Waals surface area contributed by atoms with Gasteiger partial charge in [0.1, 0.15) is 6.33 Å². The molecular formula is C10H10ClN3S. The van der Waals surface area contributed by atoms with Crippen molar-refractivity contribution in [2.45, 2.75) is 6.04 Å². The van der Waals surface area contributed by atoms with Gasteiger partial charge in [-0.05, 0) is 25.2 Å². The SMILES string of the molecule is CNC(c1ccncn1)c1ccc(Cl)s1. The van der Waals surface area contributed by atoms with E-state index in [2.05, 4.69) is 15.3 Å². The molecule has 2 aromatic heterocycles. The van der Waals surface area contributed by atoms with Crippen LogP contribution < -0.4 is 5.32 Å². The van der Waals surface area contributed by atoms with E-state index < -0.39 is 0 Å². The van der Waals surface area contributed by atoms with Crippen LogP contribution in [0.4, 0.5) is 0 Å². The molecule has 0 aliphatic carbocycles. The third-order valence-electron chi connectivity index (χ3n) is 2.07. The first-order chi connectivity index (χ1) is 7.31. The fourth-order valence-electron chi connectivity index (χ4n) is 1.39. The van der Waals surface area contributed by atoms with Crippen LogP contribution in [0.1, 0.15) is 16.6 Å². The van der Waals surface area contributed by atoms with E-state index >= 15 is 0 Å². The molecule has 0 spiro atoms. The number of hydrogen-bond acceptors (Lipinski definition) is 4. The Balaban J connectivity index is 2.33. The van der Waals surface area contributed by atoms with Gasteiger partial charge in [-0.2, -0.15) is 0 Å². The molecular weight excluding hydrogens is 230 g/mol. The summed E-state index contributed by atoms with van der Waals surface area (Å²) in [4.78, 5) is 9.28. The Morgan fingerprint density at radius 1 is 1.40 bits per heavy atom. The standard InChI is InChI=1S/C10H10ClN3S/c1-12-10(7-4-5-13-6-14-7)8-2-3-9(11)15-8/h2-6,10,12H,1H3. The van der Waals surface area contributed by atoms with Crippen LogP contribution in [-0.2, 0) is 0 Å². The summed E-state index contributed by atoms with van der Waals surface area (Å²) in [6.45, 7) is 0. The second-order valence-electron chi connectivity index (χ2n) is 3.00. The maximum Gasteiger partial charge on any atom is 0.115 e. The van der Waals surface area contributed by atoms with Crippen molar-refractivity contribution in [1.29, 1.82) is 0 Å². The number of nitrogens with one attached hydrogen (secondary N) is 1. The highest BCUT2D eigenvalue weighted by Gasteiger charge is 2.14. The third-order valence-corrected chi connectivity index (χ3v) is 3.36. The van der Waals surface area contributed by atoms with Gasteiger partial charge in [-0.1, -0.05) is 11.6 Å². The molecule has 0 aromatic carbocycles. The van der Waals surface area contributed by atoms with Crippen LogP contribution in [0.25, 0.3) is 0 Å². The number of halogens is 1. The fourth-order valence-corrected chi connectivity index (χ4v) is 2.58. The van der Waals surface area contributed by atoms with E-state index in [1.807, 2.05) is 25.2 Å². The maximum atomic E-state index is 5.91. The molecule has 1 atom stereocenters.